The molecule has 1 fully saturated rings. The highest BCUT2D eigenvalue weighted by molar-refractivity contribution is 7.80. The van der Waals surface area contributed by atoms with E-state index in [1.165, 1.54) is 0 Å². The zero-order valence-corrected chi connectivity index (χ0v) is 17.6. The SMILES string of the molecule is CCc1ccccc1N1C(=O)/C(=C\c2ccc(OC)c(Cn3cccn3)c2)NC1=S. The zero-order chi connectivity index (χ0) is 21.1. The number of aryl methyl sites for hydroxylation is 1. The summed E-state index contributed by atoms with van der Waals surface area (Å²) in [6.45, 7) is 2.63. The Morgan fingerprint density at radius 1 is 1.17 bits per heavy atom. The number of carbonyl (C=O) groups excluding carboxylic acids is 1. The van der Waals surface area contributed by atoms with Gasteiger partial charge in [-0.3, -0.25) is 14.4 Å². The molecule has 0 saturated carbocycles. The van der Waals surface area contributed by atoms with Gasteiger partial charge in [0.1, 0.15) is 11.4 Å². The van der Waals surface area contributed by atoms with Crippen LogP contribution < -0.4 is 15.0 Å². The van der Waals surface area contributed by atoms with Crippen molar-refractivity contribution in [2.75, 3.05) is 12.0 Å². The molecule has 4 rings (SSSR count). The molecule has 0 spiro atoms. The lowest BCUT2D eigenvalue weighted by atomic mass is 10.1. The number of benzene rings is 2. The second-order valence-corrected chi connectivity index (χ2v) is 7.27. The van der Waals surface area contributed by atoms with Gasteiger partial charge in [0.05, 0.1) is 19.3 Å². The Morgan fingerprint density at radius 3 is 2.73 bits per heavy atom. The lowest BCUT2D eigenvalue weighted by Crippen LogP contribution is -2.31. The molecule has 152 valence electrons. The first kappa shape index (κ1) is 19.8. The van der Waals surface area contributed by atoms with Gasteiger partial charge in [0, 0.05) is 18.0 Å². The van der Waals surface area contributed by atoms with Crippen LogP contribution in [-0.4, -0.2) is 27.9 Å². The molecule has 1 amide bonds. The summed E-state index contributed by atoms with van der Waals surface area (Å²) in [6, 6.07) is 15.5. The normalized spacial score (nSPS) is 15.0. The summed E-state index contributed by atoms with van der Waals surface area (Å²) in [5.74, 6) is 0.609. The molecule has 0 atom stereocenters. The van der Waals surface area contributed by atoms with Gasteiger partial charge >= 0.3 is 0 Å². The molecule has 1 aromatic heterocycles. The van der Waals surface area contributed by atoms with Crippen LogP contribution in [0.25, 0.3) is 6.08 Å². The third-order valence-electron chi connectivity index (χ3n) is 5.00. The monoisotopic (exact) mass is 418 g/mol. The lowest BCUT2D eigenvalue weighted by molar-refractivity contribution is -0.113. The zero-order valence-electron chi connectivity index (χ0n) is 16.8. The van der Waals surface area contributed by atoms with Crippen molar-refractivity contribution in [2.24, 2.45) is 0 Å². The molecular weight excluding hydrogens is 396 g/mol. The summed E-state index contributed by atoms with van der Waals surface area (Å²) in [4.78, 5) is 14.7. The molecule has 0 bridgehead atoms. The van der Waals surface area contributed by atoms with Gasteiger partial charge in [-0.2, -0.15) is 5.10 Å². The minimum atomic E-state index is -0.162. The number of ether oxygens (including phenoxy) is 1. The van der Waals surface area contributed by atoms with Gasteiger partial charge in [-0.1, -0.05) is 31.2 Å². The van der Waals surface area contributed by atoms with E-state index in [1.54, 1.807) is 18.2 Å². The molecule has 1 saturated heterocycles. The minimum absolute atomic E-state index is 0.162. The third-order valence-corrected chi connectivity index (χ3v) is 5.28. The molecule has 0 radical (unpaired) electrons. The van der Waals surface area contributed by atoms with Crippen LogP contribution in [0.2, 0.25) is 0 Å². The number of nitrogens with one attached hydrogen (secondary N) is 1. The number of thiocarbonyl (C=S) groups is 1. The van der Waals surface area contributed by atoms with E-state index in [-0.39, 0.29) is 5.91 Å². The van der Waals surface area contributed by atoms with Gasteiger partial charge in [0.15, 0.2) is 5.11 Å². The highest BCUT2D eigenvalue weighted by Crippen LogP contribution is 2.27. The number of methoxy groups -OCH3 is 1. The van der Waals surface area contributed by atoms with Gasteiger partial charge in [0.25, 0.3) is 5.91 Å². The van der Waals surface area contributed by atoms with Crippen molar-refractivity contribution in [2.45, 2.75) is 19.9 Å². The van der Waals surface area contributed by atoms with E-state index in [0.29, 0.717) is 17.4 Å². The molecule has 1 aliphatic heterocycles. The van der Waals surface area contributed by atoms with Crippen LogP contribution in [-0.2, 0) is 17.8 Å². The van der Waals surface area contributed by atoms with Crippen molar-refractivity contribution in [1.29, 1.82) is 0 Å². The topological polar surface area (TPSA) is 59.4 Å². The van der Waals surface area contributed by atoms with Gasteiger partial charge in [-0.25, -0.2) is 0 Å². The van der Waals surface area contributed by atoms with Crippen molar-refractivity contribution in [1.82, 2.24) is 15.1 Å². The number of rotatable bonds is 6. The number of nitrogens with zero attached hydrogens (tertiary/aromatic N) is 3. The van der Waals surface area contributed by atoms with Crippen LogP contribution in [0.15, 0.2) is 66.6 Å². The van der Waals surface area contributed by atoms with Crippen LogP contribution in [0.3, 0.4) is 0 Å². The number of aromatic nitrogens is 2. The van der Waals surface area contributed by atoms with Crippen LogP contribution in [0.4, 0.5) is 5.69 Å². The van der Waals surface area contributed by atoms with Crippen molar-refractivity contribution in [3.05, 3.63) is 83.3 Å². The van der Waals surface area contributed by atoms with Gasteiger partial charge in [0.2, 0.25) is 0 Å². The average Bonchev–Trinajstić information content (AvgIpc) is 3.36. The van der Waals surface area contributed by atoms with E-state index in [0.717, 1.165) is 34.5 Å². The summed E-state index contributed by atoms with van der Waals surface area (Å²) in [6.07, 6.45) is 6.27. The number of hydrogen-bond donors (Lipinski definition) is 1. The Hall–Kier alpha value is -3.45. The molecule has 3 aromatic rings. The molecule has 1 aliphatic rings. The van der Waals surface area contributed by atoms with E-state index >= 15 is 0 Å². The van der Waals surface area contributed by atoms with Crippen LogP contribution >= 0.6 is 12.2 Å². The fraction of sp³-hybridized carbons (Fsp3) is 0.174. The summed E-state index contributed by atoms with van der Waals surface area (Å²) >= 11 is 5.46. The first-order valence-corrected chi connectivity index (χ1v) is 10.1. The largest absolute Gasteiger partial charge is 0.496 e. The Morgan fingerprint density at radius 2 is 2.00 bits per heavy atom. The summed E-state index contributed by atoms with van der Waals surface area (Å²) < 4.78 is 7.31. The quantitative estimate of drug-likeness (QED) is 0.488. The first-order chi connectivity index (χ1) is 14.6. The Bertz CT molecular complexity index is 1120. The first-order valence-electron chi connectivity index (χ1n) is 9.70. The van der Waals surface area contributed by atoms with E-state index in [2.05, 4.69) is 17.3 Å². The number of anilines is 1. The van der Waals surface area contributed by atoms with E-state index in [4.69, 9.17) is 17.0 Å². The Kier molecular flexibility index (Phi) is 5.63. The predicted molar refractivity (Wildman–Crippen MR) is 121 cm³/mol. The van der Waals surface area contributed by atoms with Gasteiger partial charge in [-0.05, 0) is 60.1 Å². The van der Waals surface area contributed by atoms with Crippen molar-refractivity contribution >= 4 is 35.0 Å². The van der Waals surface area contributed by atoms with Gasteiger partial charge in [-0.15, -0.1) is 0 Å². The summed E-state index contributed by atoms with van der Waals surface area (Å²) in [5, 5.41) is 7.71. The number of carbonyl (C=O) groups is 1. The summed E-state index contributed by atoms with van der Waals surface area (Å²) in [7, 11) is 1.64. The minimum Gasteiger partial charge on any atom is -0.496 e. The molecule has 7 heteroatoms. The molecule has 30 heavy (non-hydrogen) atoms. The Labute approximate surface area is 180 Å². The lowest BCUT2D eigenvalue weighted by Gasteiger charge is -2.17. The summed E-state index contributed by atoms with van der Waals surface area (Å²) in [5.41, 5.74) is 4.18. The number of hydrogen-bond acceptors (Lipinski definition) is 4. The molecule has 0 aliphatic carbocycles. The van der Waals surface area contributed by atoms with E-state index in [9.17, 15) is 4.79 Å². The highest BCUT2D eigenvalue weighted by Gasteiger charge is 2.32. The maximum absolute atomic E-state index is 13.1. The van der Waals surface area contributed by atoms with Crippen molar-refractivity contribution in [3.63, 3.8) is 0 Å². The number of amides is 1. The second-order valence-electron chi connectivity index (χ2n) is 6.89. The van der Waals surface area contributed by atoms with Crippen LogP contribution in [0.1, 0.15) is 23.6 Å². The van der Waals surface area contributed by atoms with Crippen LogP contribution in [0.5, 0.6) is 5.75 Å². The average molecular weight is 419 g/mol. The highest BCUT2D eigenvalue weighted by atomic mass is 32.1. The fourth-order valence-electron chi connectivity index (χ4n) is 3.53. The molecule has 6 nitrogen and oxygen atoms in total. The molecule has 0 unspecified atom stereocenters. The third kappa shape index (κ3) is 3.84. The van der Waals surface area contributed by atoms with E-state index in [1.807, 2.05) is 65.5 Å². The standard InChI is InChI=1S/C23H22N4O2S/c1-3-17-7-4-5-8-20(17)27-22(28)19(25-23(27)30)14-16-9-10-21(29-2)18(13-16)15-26-12-6-11-24-26/h4-14H,3,15H2,1-2H3,(H,25,30)/b19-14+. The fourth-order valence-corrected chi connectivity index (χ4v) is 3.82. The maximum Gasteiger partial charge on any atom is 0.281 e. The predicted octanol–water partition coefficient (Wildman–Crippen LogP) is 3.76. The van der Waals surface area contributed by atoms with E-state index < -0.39 is 0 Å². The molecule has 2 aromatic carbocycles. The second kappa shape index (κ2) is 8.51. The maximum atomic E-state index is 13.1. The number of para-hydroxylation sites is 1. The van der Waals surface area contributed by atoms with Gasteiger partial charge < -0.3 is 10.1 Å². The molecular formula is C23H22N4O2S. The Balaban J connectivity index is 1.65. The van der Waals surface area contributed by atoms with Crippen molar-refractivity contribution < 1.29 is 9.53 Å². The van der Waals surface area contributed by atoms with Crippen LogP contribution in [0, 0.1) is 0 Å². The van der Waals surface area contributed by atoms with Crippen molar-refractivity contribution in [3.8, 4) is 5.75 Å². The molecule has 1 N–H and O–H groups in total. The smallest absolute Gasteiger partial charge is 0.281 e. The molecule has 2 heterocycles.